The summed E-state index contributed by atoms with van der Waals surface area (Å²) in [5.41, 5.74) is 0. The molecule has 5 heteroatoms. The summed E-state index contributed by atoms with van der Waals surface area (Å²) in [6, 6.07) is 0. The Morgan fingerprint density at radius 2 is 2.20 bits per heavy atom. The summed E-state index contributed by atoms with van der Waals surface area (Å²) in [4.78, 5) is 11.4. The van der Waals surface area contributed by atoms with Gasteiger partial charge in [-0.3, -0.25) is 4.79 Å². The van der Waals surface area contributed by atoms with Gasteiger partial charge in [-0.05, 0) is 33.4 Å². The summed E-state index contributed by atoms with van der Waals surface area (Å²) in [6.07, 6.45) is 2.06. The Bertz CT molecular complexity index is 190. The minimum atomic E-state index is 0. The average molecular weight is 237 g/mol. The van der Waals surface area contributed by atoms with E-state index in [1.807, 2.05) is 14.0 Å². The maximum absolute atomic E-state index is 11.4. The highest BCUT2D eigenvalue weighted by molar-refractivity contribution is 5.85. The van der Waals surface area contributed by atoms with Crippen LogP contribution in [0.1, 0.15) is 19.8 Å². The number of amides is 1. The molecule has 1 rings (SSSR count). The standard InChI is InChI=1S/C10H20N2O2.ClH/c1-3-14-9-7-8(9)10(13)12-6-4-5-11-2;/h8-9,11H,3-7H2,1-2H3,(H,12,13);1H. The summed E-state index contributed by atoms with van der Waals surface area (Å²) in [5, 5.41) is 5.95. The topological polar surface area (TPSA) is 50.4 Å². The van der Waals surface area contributed by atoms with Crippen molar-refractivity contribution in [2.45, 2.75) is 25.9 Å². The van der Waals surface area contributed by atoms with Gasteiger partial charge >= 0.3 is 0 Å². The number of nitrogens with one attached hydrogen (secondary N) is 2. The molecule has 0 spiro atoms. The Hall–Kier alpha value is -0.320. The predicted octanol–water partition coefficient (Wildman–Crippen LogP) is 0.559. The lowest BCUT2D eigenvalue weighted by Gasteiger charge is -2.04. The van der Waals surface area contributed by atoms with E-state index in [0.29, 0.717) is 6.61 Å². The van der Waals surface area contributed by atoms with Crippen molar-refractivity contribution in [1.29, 1.82) is 0 Å². The molecule has 4 nitrogen and oxygen atoms in total. The van der Waals surface area contributed by atoms with Crippen LogP contribution in [-0.4, -0.2) is 38.8 Å². The highest BCUT2D eigenvalue weighted by Crippen LogP contribution is 2.33. The molecule has 0 aromatic carbocycles. The van der Waals surface area contributed by atoms with Gasteiger partial charge in [0.05, 0.1) is 12.0 Å². The summed E-state index contributed by atoms with van der Waals surface area (Å²) in [6.45, 7) is 4.36. The fraction of sp³-hybridized carbons (Fsp3) is 0.900. The first kappa shape index (κ1) is 14.7. The van der Waals surface area contributed by atoms with Crippen LogP contribution < -0.4 is 10.6 Å². The van der Waals surface area contributed by atoms with E-state index in [2.05, 4.69) is 10.6 Å². The molecule has 0 aromatic heterocycles. The lowest BCUT2D eigenvalue weighted by atomic mass is 10.3. The van der Waals surface area contributed by atoms with Crippen LogP contribution in [0.25, 0.3) is 0 Å². The first-order valence-electron chi connectivity index (χ1n) is 5.33. The van der Waals surface area contributed by atoms with E-state index in [1.165, 1.54) is 0 Å². The SMILES string of the molecule is CCOC1CC1C(=O)NCCCNC.Cl. The fourth-order valence-electron chi connectivity index (χ4n) is 1.45. The number of halogens is 1. The Balaban J connectivity index is 0.00000196. The van der Waals surface area contributed by atoms with E-state index >= 15 is 0 Å². The Labute approximate surface area is 97.5 Å². The van der Waals surface area contributed by atoms with Crippen molar-refractivity contribution in [3.05, 3.63) is 0 Å². The van der Waals surface area contributed by atoms with Crippen LogP contribution in [0.2, 0.25) is 0 Å². The summed E-state index contributed by atoms with van der Waals surface area (Å²) >= 11 is 0. The largest absolute Gasteiger partial charge is 0.378 e. The van der Waals surface area contributed by atoms with E-state index < -0.39 is 0 Å². The third kappa shape index (κ3) is 5.35. The first-order valence-corrected chi connectivity index (χ1v) is 5.33. The van der Waals surface area contributed by atoms with Crippen molar-refractivity contribution in [3.8, 4) is 0 Å². The van der Waals surface area contributed by atoms with Gasteiger partial charge in [-0.2, -0.15) is 0 Å². The van der Waals surface area contributed by atoms with Gasteiger partial charge in [0.1, 0.15) is 0 Å². The van der Waals surface area contributed by atoms with Crippen molar-refractivity contribution < 1.29 is 9.53 Å². The zero-order valence-corrected chi connectivity index (χ0v) is 10.2. The van der Waals surface area contributed by atoms with Gasteiger partial charge in [-0.1, -0.05) is 0 Å². The third-order valence-electron chi connectivity index (χ3n) is 2.35. The molecule has 15 heavy (non-hydrogen) atoms. The smallest absolute Gasteiger partial charge is 0.225 e. The van der Waals surface area contributed by atoms with Crippen LogP contribution in [0, 0.1) is 5.92 Å². The number of hydrogen-bond acceptors (Lipinski definition) is 3. The second-order valence-corrected chi connectivity index (χ2v) is 3.58. The molecule has 2 unspecified atom stereocenters. The molecule has 1 aliphatic carbocycles. The molecule has 1 saturated carbocycles. The highest BCUT2D eigenvalue weighted by atomic mass is 35.5. The van der Waals surface area contributed by atoms with Gasteiger partial charge in [0.25, 0.3) is 0 Å². The molecular formula is C10H21ClN2O2. The number of rotatable bonds is 7. The molecule has 2 N–H and O–H groups in total. The van der Waals surface area contributed by atoms with Crippen LogP contribution in [0.15, 0.2) is 0 Å². The number of ether oxygens (including phenoxy) is 1. The van der Waals surface area contributed by atoms with Crippen molar-refractivity contribution >= 4 is 18.3 Å². The highest BCUT2D eigenvalue weighted by Gasteiger charge is 2.43. The normalized spacial score (nSPS) is 23.1. The molecule has 0 radical (unpaired) electrons. The van der Waals surface area contributed by atoms with Gasteiger partial charge < -0.3 is 15.4 Å². The summed E-state index contributed by atoms with van der Waals surface area (Å²) in [7, 11) is 1.91. The van der Waals surface area contributed by atoms with E-state index in [-0.39, 0.29) is 30.3 Å². The second-order valence-electron chi connectivity index (χ2n) is 3.58. The van der Waals surface area contributed by atoms with E-state index in [4.69, 9.17) is 4.74 Å². The summed E-state index contributed by atoms with van der Waals surface area (Å²) < 4.78 is 5.34. The summed E-state index contributed by atoms with van der Waals surface area (Å²) in [5.74, 6) is 0.268. The molecule has 0 bridgehead atoms. The Morgan fingerprint density at radius 3 is 2.80 bits per heavy atom. The molecule has 2 atom stereocenters. The number of hydrogen-bond donors (Lipinski definition) is 2. The first-order chi connectivity index (χ1) is 6.79. The van der Waals surface area contributed by atoms with Crippen molar-refractivity contribution in [1.82, 2.24) is 10.6 Å². The van der Waals surface area contributed by atoms with Gasteiger partial charge in [-0.15, -0.1) is 12.4 Å². The Morgan fingerprint density at radius 1 is 1.47 bits per heavy atom. The molecule has 0 saturated heterocycles. The quantitative estimate of drug-likeness (QED) is 0.635. The minimum Gasteiger partial charge on any atom is -0.378 e. The Kier molecular flexibility index (Phi) is 7.74. The van der Waals surface area contributed by atoms with Crippen molar-refractivity contribution in [2.24, 2.45) is 5.92 Å². The molecule has 0 aromatic rings. The van der Waals surface area contributed by atoms with E-state index in [9.17, 15) is 4.79 Å². The maximum atomic E-state index is 11.4. The lowest BCUT2D eigenvalue weighted by Crippen LogP contribution is -2.29. The molecular weight excluding hydrogens is 216 g/mol. The zero-order valence-electron chi connectivity index (χ0n) is 9.41. The number of carbonyl (C=O) groups is 1. The van der Waals surface area contributed by atoms with Crippen LogP contribution in [0.4, 0.5) is 0 Å². The van der Waals surface area contributed by atoms with Crippen LogP contribution in [0.3, 0.4) is 0 Å². The van der Waals surface area contributed by atoms with Gasteiger partial charge in [-0.25, -0.2) is 0 Å². The molecule has 1 fully saturated rings. The minimum absolute atomic E-state index is 0. The van der Waals surface area contributed by atoms with E-state index in [0.717, 1.165) is 25.9 Å². The third-order valence-corrected chi connectivity index (χ3v) is 2.35. The van der Waals surface area contributed by atoms with Gasteiger partial charge in [0.15, 0.2) is 0 Å². The van der Waals surface area contributed by atoms with Crippen LogP contribution >= 0.6 is 12.4 Å². The van der Waals surface area contributed by atoms with Gasteiger partial charge in [0.2, 0.25) is 5.91 Å². The molecule has 1 aliphatic rings. The average Bonchev–Trinajstić information content (AvgIpc) is 2.92. The van der Waals surface area contributed by atoms with Crippen molar-refractivity contribution in [2.75, 3.05) is 26.7 Å². The monoisotopic (exact) mass is 236 g/mol. The van der Waals surface area contributed by atoms with Crippen molar-refractivity contribution in [3.63, 3.8) is 0 Å². The molecule has 0 aliphatic heterocycles. The van der Waals surface area contributed by atoms with Crippen LogP contribution in [0.5, 0.6) is 0 Å². The maximum Gasteiger partial charge on any atom is 0.225 e. The lowest BCUT2D eigenvalue weighted by molar-refractivity contribution is -0.123. The molecule has 0 heterocycles. The second kappa shape index (κ2) is 7.91. The predicted molar refractivity (Wildman–Crippen MR) is 62.3 cm³/mol. The fourth-order valence-corrected chi connectivity index (χ4v) is 1.45. The molecule has 90 valence electrons. The van der Waals surface area contributed by atoms with Gasteiger partial charge in [0, 0.05) is 13.2 Å². The van der Waals surface area contributed by atoms with E-state index in [1.54, 1.807) is 0 Å². The van der Waals surface area contributed by atoms with Crippen LogP contribution in [-0.2, 0) is 9.53 Å². The zero-order chi connectivity index (χ0) is 10.4. The molecule has 1 amide bonds. The number of carbonyl (C=O) groups excluding carboxylic acids is 1.